The molecule has 2 aliphatic rings. The number of nitrogens with two attached hydrogens (primary N) is 2. The molecule has 0 aromatic carbocycles. The lowest BCUT2D eigenvalue weighted by Gasteiger charge is -2.53. The largest absolute Gasteiger partial charge is 0.369 e. The van der Waals surface area contributed by atoms with Crippen LogP contribution in [-0.4, -0.2) is 36.5 Å². The Morgan fingerprint density at radius 2 is 1.93 bits per heavy atom. The average molecular weight is 197 g/mol. The molecule has 80 valence electrons. The van der Waals surface area contributed by atoms with E-state index in [1.54, 1.807) is 0 Å². The van der Waals surface area contributed by atoms with Gasteiger partial charge in [-0.1, -0.05) is 0 Å². The zero-order chi connectivity index (χ0) is 10.2. The van der Waals surface area contributed by atoms with Gasteiger partial charge in [0.25, 0.3) is 0 Å². The van der Waals surface area contributed by atoms with Gasteiger partial charge in [0.05, 0.1) is 6.54 Å². The molecule has 2 rings (SSSR count). The number of carbonyl (C=O) groups excluding carboxylic acids is 1. The third-order valence-corrected chi connectivity index (χ3v) is 3.59. The second kappa shape index (κ2) is 3.51. The molecule has 0 bridgehead atoms. The van der Waals surface area contributed by atoms with E-state index in [9.17, 15) is 4.79 Å². The minimum Gasteiger partial charge on any atom is -0.369 e. The molecule has 1 saturated carbocycles. The lowest BCUT2D eigenvalue weighted by molar-refractivity contribution is -0.123. The van der Waals surface area contributed by atoms with Crippen molar-refractivity contribution >= 4 is 5.91 Å². The van der Waals surface area contributed by atoms with Crippen molar-refractivity contribution in [3.63, 3.8) is 0 Å². The van der Waals surface area contributed by atoms with Gasteiger partial charge in [-0.2, -0.15) is 0 Å². The summed E-state index contributed by atoms with van der Waals surface area (Å²) in [4.78, 5) is 12.8. The van der Waals surface area contributed by atoms with Gasteiger partial charge >= 0.3 is 0 Å². The summed E-state index contributed by atoms with van der Waals surface area (Å²) in [5, 5.41) is 0. The van der Waals surface area contributed by atoms with E-state index in [2.05, 4.69) is 4.90 Å². The van der Waals surface area contributed by atoms with Crippen LogP contribution in [-0.2, 0) is 4.79 Å². The standard InChI is InChI=1S/C10H19N3O/c11-8-1-3-10(4-2-8)6-13(7-10)5-9(12)14/h8H,1-7,11H2,(H2,12,14). The zero-order valence-corrected chi connectivity index (χ0v) is 8.54. The monoisotopic (exact) mass is 197 g/mol. The van der Waals surface area contributed by atoms with E-state index in [1.165, 1.54) is 12.8 Å². The van der Waals surface area contributed by atoms with Gasteiger partial charge in [0.15, 0.2) is 0 Å². The van der Waals surface area contributed by atoms with Gasteiger partial charge in [-0.3, -0.25) is 9.69 Å². The van der Waals surface area contributed by atoms with E-state index in [0.29, 0.717) is 18.0 Å². The van der Waals surface area contributed by atoms with Crippen LogP contribution in [0, 0.1) is 5.41 Å². The Bertz CT molecular complexity index is 226. The number of carbonyl (C=O) groups is 1. The predicted octanol–water partition coefficient (Wildman–Crippen LogP) is -0.325. The van der Waals surface area contributed by atoms with E-state index in [-0.39, 0.29) is 5.91 Å². The number of hydrogen-bond donors (Lipinski definition) is 2. The first-order chi connectivity index (χ1) is 6.60. The Labute approximate surface area is 84.6 Å². The molecule has 1 saturated heterocycles. The predicted molar refractivity (Wildman–Crippen MR) is 54.5 cm³/mol. The summed E-state index contributed by atoms with van der Waals surface area (Å²) in [5.41, 5.74) is 11.5. The second-order valence-corrected chi connectivity index (χ2v) is 4.95. The maximum atomic E-state index is 10.7. The number of rotatable bonds is 2. The molecule has 4 N–H and O–H groups in total. The normalized spacial score (nSPS) is 27.5. The van der Waals surface area contributed by atoms with Gasteiger partial charge in [-0.05, 0) is 31.1 Å². The molecule has 4 heteroatoms. The molecule has 2 fully saturated rings. The molecule has 0 aromatic rings. The van der Waals surface area contributed by atoms with Crippen molar-refractivity contribution in [1.29, 1.82) is 0 Å². The molecule has 0 radical (unpaired) electrons. The Hall–Kier alpha value is -0.610. The molecule has 1 aliphatic heterocycles. The van der Waals surface area contributed by atoms with Crippen LogP contribution in [0.2, 0.25) is 0 Å². The quantitative estimate of drug-likeness (QED) is 0.637. The molecular weight excluding hydrogens is 178 g/mol. The van der Waals surface area contributed by atoms with Crippen molar-refractivity contribution in [3.8, 4) is 0 Å². The first kappa shape index (κ1) is 9.93. The minimum absolute atomic E-state index is 0.215. The van der Waals surface area contributed by atoms with Crippen LogP contribution in [0.3, 0.4) is 0 Å². The Morgan fingerprint density at radius 1 is 1.36 bits per heavy atom. The molecule has 1 heterocycles. The van der Waals surface area contributed by atoms with Crippen LogP contribution in [0.5, 0.6) is 0 Å². The van der Waals surface area contributed by atoms with Gasteiger partial charge in [0.2, 0.25) is 5.91 Å². The summed E-state index contributed by atoms with van der Waals surface area (Å²) >= 11 is 0. The Balaban J connectivity index is 1.78. The molecule has 0 unspecified atom stereocenters. The summed E-state index contributed by atoms with van der Waals surface area (Å²) in [6, 6.07) is 0.408. The van der Waals surface area contributed by atoms with Crippen LogP contribution in [0.15, 0.2) is 0 Å². The van der Waals surface area contributed by atoms with Gasteiger partial charge in [-0.25, -0.2) is 0 Å². The maximum absolute atomic E-state index is 10.7. The molecular formula is C10H19N3O. The van der Waals surface area contributed by atoms with Gasteiger partial charge in [0.1, 0.15) is 0 Å². The first-order valence-electron chi connectivity index (χ1n) is 5.36. The lowest BCUT2D eigenvalue weighted by Crippen LogP contribution is -2.59. The Kier molecular flexibility index (Phi) is 2.49. The number of amides is 1. The number of primary amides is 1. The van der Waals surface area contributed by atoms with Gasteiger partial charge < -0.3 is 11.5 Å². The van der Waals surface area contributed by atoms with Crippen molar-refractivity contribution in [2.75, 3.05) is 19.6 Å². The summed E-state index contributed by atoms with van der Waals surface area (Å²) in [6.07, 6.45) is 4.74. The minimum atomic E-state index is -0.215. The van der Waals surface area contributed by atoms with E-state index in [0.717, 1.165) is 25.9 Å². The topological polar surface area (TPSA) is 72.4 Å². The highest BCUT2D eigenvalue weighted by atomic mass is 16.1. The third kappa shape index (κ3) is 1.91. The van der Waals surface area contributed by atoms with Crippen molar-refractivity contribution in [2.45, 2.75) is 31.7 Å². The number of likely N-dealkylation sites (tertiary alicyclic amines) is 1. The van der Waals surface area contributed by atoms with Gasteiger partial charge in [0, 0.05) is 19.1 Å². The summed E-state index contributed by atoms with van der Waals surface area (Å²) < 4.78 is 0. The van der Waals surface area contributed by atoms with Crippen LogP contribution in [0.1, 0.15) is 25.7 Å². The summed E-state index contributed by atoms with van der Waals surface area (Å²) in [6.45, 7) is 2.51. The second-order valence-electron chi connectivity index (χ2n) is 4.95. The molecule has 0 aromatic heterocycles. The van der Waals surface area contributed by atoms with Crippen LogP contribution in [0.4, 0.5) is 0 Å². The lowest BCUT2D eigenvalue weighted by atomic mass is 9.67. The third-order valence-electron chi connectivity index (χ3n) is 3.59. The van der Waals surface area contributed by atoms with E-state index < -0.39 is 0 Å². The average Bonchev–Trinajstić information content (AvgIpc) is 2.05. The fourth-order valence-electron chi connectivity index (χ4n) is 2.80. The van der Waals surface area contributed by atoms with Crippen LogP contribution >= 0.6 is 0 Å². The molecule has 1 spiro atoms. The highest BCUT2D eigenvalue weighted by molar-refractivity contribution is 5.76. The fraction of sp³-hybridized carbons (Fsp3) is 0.900. The van der Waals surface area contributed by atoms with Gasteiger partial charge in [-0.15, -0.1) is 0 Å². The number of nitrogens with zero attached hydrogens (tertiary/aromatic N) is 1. The van der Waals surface area contributed by atoms with Crippen molar-refractivity contribution in [3.05, 3.63) is 0 Å². The highest BCUT2D eigenvalue weighted by Crippen LogP contribution is 2.43. The Morgan fingerprint density at radius 3 is 2.43 bits per heavy atom. The fourth-order valence-corrected chi connectivity index (χ4v) is 2.80. The molecule has 4 nitrogen and oxygen atoms in total. The summed E-state index contributed by atoms with van der Waals surface area (Å²) in [5.74, 6) is -0.215. The van der Waals surface area contributed by atoms with E-state index >= 15 is 0 Å². The van der Waals surface area contributed by atoms with Crippen molar-refractivity contribution < 1.29 is 4.79 Å². The van der Waals surface area contributed by atoms with Crippen LogP contribution < -0.4 is 11.5 Å². The van der Waals surface area contributed by atoms with Crippen LogP contribution in [0.25, 0.3) is 0 Å². The van der Waals surface area contributed by atoms with Crippen molar-refractivity contribution in [2.24, 2.45) is 16.9 Å². The van der Waals surface area contributed by atoms with E-state index in [1.807, 2.05) is 0 Å². The smallest absolute Gasteiger partial charge is 0.231 e. The van der Waals surface area contributed by atoms with Crippen molar-refractivity contribution in [1.82, 2.24) is 4.90 Å². The SMILES string of the molecule is NC(=O)CN1CC2(CCC(N)CC2)C1. The van der Waals surface area contributed by atoms with E-state index in [4.69, 9.17) is 11.5 Å². The maximum Gasteiger partial charge on any atom is 0.231 e. The zero-order valence-electron chi connectivity index (χ0n) is 8.54. The molecule has 14 heavy (non-hydrogen) atoms. The summed E-state index contributed by atoms with van der Waals surface area (Å²) in [7, 11) is 0. The number of hydrogen-bond acceptors (Lipinski definition) is 3. The molecule has 1 amide bonds. The molecule has 1 aliphatic carbocycles. The highest BCUT2D eigenvalue weighted by Gasteiger charge is 2.44. The molecule has 0 atom stereocenters. The first-order valence-corrected chi connectivity index (χ1v) is 5.36.